The number of aromatic nitrogens is 1. The van der Waals surface area contributed by atoms with Crippen molar-refractivity contribution in [3.63, 3.8) is 0 Å². The summed E-state index contributed by atoms with van der Waals surface area (Å²) in [6, 6.07) is 4.21. The van der Waals surface area contributed by atoms with Crippen molar-refractivity contribution in [3.8, 4) is 0 Å². The molecule has 8 unspecified atom stereocenters. The third-order valence-electron chi connectivity index (χ3n) is 16.9. The van der Waals surface area contributed by atoms with Crippen LogP contribution >= 0.6 is 0 Å². The lowest BCUT2D eigenvalue weighted by atomic mass is 9.33. The molecule has 0 bridgehead atoms. The standard InChI is InChI=1S/C47H73N3O5/c1-31(2)39-34(51)27-47(22-24-50(26-25-49(10)11)30-32-13-12-23-48-29-32)21-20-45(8)33(40(39)47)14-15-36-44(7)18-17-37(55-38(52)28-42(3,4)41(53)54)43(5,6)35(44)16-19-46(36,45)9/h12-13,23,29,31,33,35-37H,14-22,24-28,30H2,1-11H3,(H,53,54). The van der Waals surface area contributed by atoms with E-state index in [1.54, 1.807) is 19.4 Å². The summed E-state index contributed by atoms with van der Waals surface area (Å²) in [6.07, 6.45) is 13.9. The highest BCUT2D eigenvalue weighted by Crippen LogP contribution is 2.77. The van der Waals surface area contributed by atoms with E-state index in [1.165, 1.54) is 17.6 Å². The normalized spacial score (nSPS) is 35.7. The van der Waals surface area contributed by atoms with Gasteiger partial charge in [0.25, 0.3) is 0 Å². The second kappa shape index (κ2) is 15.0. The van der Waals surface area contributed by atoms with Crippen molar-refractivity contribution >= 4 is 17.7 Å². The Hall–Kier alpha value is -2.58. The van der Waals surface area contributed by atoms with Crippen molar-refractivity contribution < 1.29 is 24.2 Å². The van der Waals surface area contributed by atoms with E-state index in [4.69, 9.17) is 4.74 Å². The SMILES string of the molecule is CC(C)C1=C2C3CCC4C5(C)CCC(OC(=O)CC(C)(C)C(=O)O)C(C)(C)C5CCC4(C)C3(C)CCC2(CCN(CCN(C)C)Cc2cccnc2)CC1=O. The average Bonchev–Trinajstić information content (AvgIpc) is 3.40. The lowest BCUT2D eigenvalue weighted by molar-refractivity contribution is -0.233. The zero-order valence-electron chi connectivity index (χ0n) is 36.2. The van der Waals surface area contributed by atoms with Crippen molar-refractivity contribution in [2.75, 3.05) is 33.7 Å². The van der Waals surface area contributed by atoms with Crippen LogP contribution in [-0.4, -0.2) is 77.4 Å². The summed E-state index contributed by atoms with van der Waals surface area (Å²) in [5.74, 6) is 0.643. The van der Waals surface area contributed by atoms with Gasteiger partial charge in [-0.3, -0.25) is 24.3 Å². The average molecular weight is 760 g/mol. The van der Waals surface area contributed by atoms with Crippen molar-refractivity contribution in [2.24, 2.45) is 56.2 Å². The van der Waals surface area contributed by atoms with E-state index in [0.29, 0.717) is 30.0 Å². The van der Waals surface area contributed by atoms with Gasteiger partial charge in [0.2, 0.25) is 0 Å². The molecule has 0 aliphatic heterocycles. The number of esters is 1. The van der Waals surface area contributed by atoms with Crippen molar-refractivity contribution in [3.05, 3.63) is 41.2 Å². The number of allylic oxidation sites excluding steroid dienone is 2. The Labute approximate surface area is 332 Å². The number of rotatable bonds is 13. The molecule has 8 heteroatoms. The molecule has 0 aromatic carbocycles. The maximum atomic E-state index is 14.3. The van der Waals surface area contributed by atoms with E-state index in [9.17, 15) is 19.5 Å². The predicted octanol–water partition coefficient (Wildman–Crippen LogP) is 9.23. The summed E-state index contributed by atoms with van der Waals surface area (Å²) in [5, 5.41) is 9.65. The smallest absolute Gasteiger partial charge is 0.309 e. The van der Waals surface area contributed by atoms with Crippen LogP contribution in [0.25, 0.3) is 0 Å². The van der Waals surface area contributed by atoms with Gasteiger partial charge < -0.3 is 14.7 Å². The molecule has 55 heavy (non-hydrogen) atoms. The topological polar surface area (TPSA) is 100 Å². The van der Waals surface area contributed by atoms with E-state index >= 15 is 0 Å². The summed E-state index contributed by atoms with van der Waals surface area (Å²) >= 11 is 0. The Kier molecular flexibility index (Phi) is 11.4. The summed E-state index contributed by atoms with van der Waals surface area (Å²) in [5.41, 5.74) is 2.89. The minimum absolute atomic E-state index is 0.0599. The van der Waals surface area contributed by atoms with Crippen LogP contribution in [0.5, 0.6) is 0 Å². The molecule has 8 nitrogen and oxygen atoms in total. The van der Waals surface area contributed by atoms with Crippen molar-refractivity contribution in [2.45, 2.75) is 146 Å². The van der Waals surface area contributed by atoms with Crippen LogP contribution in [0.3, 0.4) is 0 Å². The quantitative estimate of drug-likeness (QED) is 0.199. The van der Waals surface area contributed by atoms with Gasteiger partial charge in [-0.05, 0) is 149 Å². The third-order valence-corrected chi connectivity index (χ3v) is 16.9. The fraction of sp³-hybridized carbons (Fsp3) is 0.787. The second-order valence-corrected chi connectivity index (χ2v) is 21.4. The molecule has 1 aromatic rings. The van der Waals surface area contributed by atoms with Gasteiger partial charge in [-0.15, -0.1) is 0 Å². The van der Waals surface area contributed by atoms with E-state index in [-0.39, 0.29) is 45.5 Å². The van der Waals surface area contributed by atoms with E-state index in [1.807, 2.05) is 18.5 Å². The largest absolute Gasteiger partial charge is 0.481 e. The number of hydrogen-bond donors (Lipinski definition) is 1. The zero-order valence-corrected chi connectivity index (χ0v) is 36.2. The van der Waals surface area contributed by atoms with Crippen LogP contribution in [-0.2, 0) is 25.7 Å². The first-order valence-corrected chi connectivity index (χ1v) is 21.6. The first-order chi connectivity index (χ1) is 25.6. The predicted molar refractivity (Wildman–Crippen MR) is 218 cm³/mol. The van der Waals surface area contributed by atoms with Gasteiger partial charge in [-0.2, -0.15) is 0 Å². The zero-order chi connectivity index (χ0) is 40.4. The van der Waals surface area contributed by atoms with Crippen LogP contribution in [0.15, 0.2) is 35.7 Å². The number of carbonyl (C=O) groups is 3. The Balaban J connectivity index is 1.26. The Morgan fingerprint density at radius 1 is 0.945 bits per heavy atom. The van der Waals surface area contributed by atoms with Crippen LogP contribution in [0.2, 0.25) is 0 Å². The molecule has 0 spiro atoms. The van der Waals surface area contributed by atoms with Gasteiger partial charge >= 0.3 is 11.9 Å². The number of carboxylic acids is 1. The number of likely N-dealkylation sites (N-methyl/N-ethyl adjacent to an activating group) is 1. The Morgan fingerprint density at radius 3 is 2.31 bits per heavy atom. The molecule has 0 amide bonds. The molecule has 5 aliphatic carbocycles. The minimum Gasteiger partial charge on any atom is -0.481 e. The van der Waals surface area contributed by atoms with Crippen LogP contribution in [0.4, 0.5) is 0 Å². The summed E-state index contributed by atoms with van der Waals surface area (Å²) in [6.45, 7) is 24.0. The summed E-state index contributed by atoms with van der Waals surface area (Å²) in [7, 11) is 4.29. The fourth-order valence-electron chi connectivity index (χ4n) is 13.6. The van der Waals surface area contributed by atoms with Gasteiger partial charge in [0.15, 0.2) is 5.78 Å². The first kappa shape index (κ1) is 42.0. The lowest BCUT2D eigenvalue weighted by Crippen LogP contribution is -2.65. The van der Waals surface area contributed by atoms with Crippen molar-refractivity contribution in [1.29, 1.82) is 0 Å². The molecule has 8 atom stereocenters. The number of hydrogen-bond acceptors (Lipinski definition) is 7. The maximum absolute atomic E-state index is 14.3. The van der Waals surface area contributed by atoms with Gasteiger partial charge in [0.1, 0.15) is 6.10 Å². The maximum Gasteiger partial charge on any atom is 0.309 e. The fourth-order valence-corrected chi connectivity index (χ4v) is 13.6. The number of aliphatic carboxylic acids is 1. The molecule has 1 N–H and O–H groups in total. The summed E-state index contributed by atoms with van der Waals surface area (Å²) < 4.78 is 6.21. The van der Waals surface area contributed by atoms with E-state index in [2.05, 4.69) is 83.4 Å². The molecule has 6 rings (SSSR count). The first-order valence-electron chi connectivity index (χ1n) is 21.6. The molecule has 4 fully saturated rings. The molecule has 1 heterocycles. The van der Waals surface area contributed by atoms with E-state index < -0.39 is 17.4 Å². The lowest BCUT2D eigenvalue weighted by Gasteiger charge is -2.72. The van der Waals surface area contributed by atoms with Crippen molar-refractivity contribution in [1.82, 2.24) is 14.8 Å². The van der Waals surface area contributed by atoms with Gasteiger partial charge in [0.05, 0.1) is 11.8 Å². The number of carbonyl (C=O) groups excluding carboxylic acids is 2. The number of fused-ring (bicyclic) bond motifs is 7. The Bertz CT molecular complexity index is 1650. The molecule has 4 saturated carbocycles. The number of pyridine rings is 1. The van der Waals surface area contributed by atoms with Crippen LogP contribution in [0, 0.1) is 56.2 Å². The van der Waals surface area contributed by atoms with Gasteiger partial charge in [0, 0.05) is 49.3 Å². The third kappa shape index (κ3) is 7.27. The number of nitrogens with zero attached hydrogens (tertiary/aromatic N) is 3. The van der Waals surface area contributed by atoms with E-state index in [0.717, 1.165) is 77.5 Å². The molecule has 0 radical (unpaired) electrons. The summed E-state index contributed by atoms with van der Waals surface area (Å²) in [4.78, 5) is 48.5. The van der Waals surface area contributed by atoms with Crippen LogP contribution in [0.1, 0.15) is 139 Å². The van der Waals surface area contributed by atoms with Gasteiger partial charge in [-0.25, -0.2) is 0 Å². The number of ether oxygens (including phenoxy) is 1. The molecular weight excluding hydrogens is 687 g/mol. The van der Waals surface area contributed by atoms with Gasteiger partial charge in [-0.1, -0.05) is 60.1 Å². The molecule has 1 aromatic heterocycles. The highest BCUT2D eigenvalue weighted by atomic mass is 16.5. The number of carboxylic acid groups (broad SMARTS) is 1. The Morgan fingerprint density at radius 2 is 1.67 bits per heavy atom. The molecular formula is C47H73N3O5. The van der Waals surface area contributed by atoms with Crippen LogP contribution < -0.4 is 0 Å². The minimum atomic E-state index is -1.15. The molecule has 306 valence electrons. The second-order valence-electron chi connectivity index (χ2n) is 21.4. The number of ketones is 1. The highest BCUT2D eigenvalue weighted by molar-refractivity contribution is 6.00. The molecule has 5 aliphatic rings. The number of Topliss-reactive ketones (excluding diaryl/α,β-unsaturated/α-hetero) is 1. The molecule has 0 saturated heterocycles. The monoisotopic (exact) mass is 760 g/mol. The highest BCUT2D eigenvalue weighted by Gasteiger charge is 2.70.